The molecular formula is C16H26N4O2. The molecular weight excluding hydrogens is 280 g/mol. The van der Waals surface area contributed by atoms with Crippen molar-refractivity contribution in [1.82, 2.24) is 19.6 Å². The molecule has 2 aliphatic rings. The molecule has 6 nitrogen and oxygen atoms in total. The smallest absolute Gasteiger partial charge is 0.227 e. The quantitative estimate of drug-likeness (QED) is 0.799. The first-order chi connectivity index (χ1) is 10.5. The summed E-state index contributed by atoms with van der Waals surface area (Å²) in [6.07, 6.45) is 1.67. The van der Waals surface area contributed by atoms with Crippen LogP contribution in [0.3, 0.4) is 0 Å². The molecule has 2 fully saturated rings. The molecule has 0 aromatic carbocycles. The average Bonchev–Trinajstić information content (AvgIpc) is 2.74. The van der Waals surface area contributed by atoms with E-state index in [1.54, 1.807) is 0 Å². The van der Waals surface area contributed by atoms with Gasteiger partial charge in [0.2, 0.25) is 5.91 Å². The molecule has 0 N–H and O–H groups in total. The highest BCUT2D eigenvalue weighted by Gasteiger charge is 2.36. The number of carbonyl (C=O) groups excluding carboxylic acids is 1. The number of piperidine rings is 1. The van der Waals surface area contributed by atoms with Gasteiger partial charge in [-0.05, 0) is 27.3 Å². The molecule has 122 valence electrons. The van der Waals surface area contributed by atoms with Crippen LogP contribution in [0.25, 0.3) is 0 Å². The second-order valence-electron chi connectivity index (χ2n) is 6.54. The van der Waals surface area contributed by atoms with Crippen molar-refractivity contribution in [3.05, 3.63) is 17.0 Å². The Labute approximate surface area is 132 Å². The number of hydrogen-bond donors (Lipinski definition) is 0. The van der Waals surface area contributed by atoms with Gasteiger partial charge in [-0.1, -0.05) is 0 Å². The van der Waals surface area contributed by atoms with E-state index in [0.29, 0.717) is 12.5 Å². The zero-order valence-corrected chi connectivity index (χ0v) is 14.0. The fourth-order valence-corrected chi connectivity index (χ4v) is 3.60. The van der Waals surface area contributed by atoms with Gasteiger partial charge in [0.25, 0.3) is 0 Å². The minimum absolute atomic E-state index is 0.205. The third-order valence-corrected chi connectivity index (χ3v) is 5.20. The van der Waals surface area contributed by atoms with E-state index in [9.17, 15) is 4.79 Å². The minimum atomic E-state index is 0.205. The summed E-state index contributed by atoms with van der Waals surface area (Å²) in [4.78, 5) is 17.0. The van der Waals surface area contributed by atoms with Gasteiger partial charge in [0.1, 0.15) is 0 Å². The number of carbonyl (C=O) groups is 1. The van der Waals surface area contributed by atoms with E-state index in [4.69, 9.17) is 4.74 Å². The average molecular weight is 306 g/mol. The highest BCUT2D eigenvalue weighted by molar-refractivity contribution is 5.79. The first-order valence-corrected chi connectivity index (χ1v) is 8.06. The number of likely N-dealkylation sites (N-methyl/N-ethyl adjacent to an activating group) is 1. The summed E-state index contributed by atoms with van der Waals surface area (Å²) >= 11 is 0. The third-order valence-electron chi connectivity index (χ3n) is 5.20. The van der Waals surface area contributed by atoms with Crippen molar-refractivity contribution in [2.24, 2.45) is 7.05 Å². The summed E-state index contributed by atoms with van der Waals surface area (Å²) < 4.78 is 7.70. The zero-order valence-electron chi connectivity index (χ0n) is 14.0. The van der Waals surface area contributed by atoms with Gasteiger partial charge in [-0.3, -0.25) is 14.4 Å². The topological polar surface area (TPSA) is 50.6 Å². The fraction of sp³-hybridized carbons (Fsp3) is 0.750. The highest BCUT2D eigenvalue weighted by atomic mass is 16.5. The molecule has 6 heteroatoms. The van der Waals surface area contributed by atoms with Crippen LogP contribution < -0.4 is 0 Å². The Kier molecular flexibility index (Phi) is 4.23. The number of likely N-dealkylation sites (tertiary alicyclic amines) is 1. The maximum atomic E-state index is 12.7. The van der Waals surface area contributed by atoms with Crippen LogP contribution in [0.4, 0.5) is 0 Å². The summed E-state index contributed by atoms with van der Waals surface area (Å²) in [5.41, 5.74) is 3.11. The van der Waals surface area contributed by atoms with Gasteiger partial charge in [0.15, 0.2) is 0 Å². The number of aryl methyl sites for hydroxylation is 2. The Bertz CT molecular complexity index is 569. The predicted octanol–water partition coefficient (Wildman–Crippen LogP) is 0.511. The molecule has 0 bridgehead atoms. The lowest BCUT2D eigenvalue weighted by Gasteiger charge is -2.45. The molecule has 3 heterocycles. The summed E-state index contributed by atoms with van der Waals surface area (Å²) in [5, 5.41) is 4.40. The zero-order chi connectivity index (χ0) is 15.9. The number of nitrogens with zero attached hydrogens (tertiary/aromatic N) is 4. The number of rotatable bonds is 2. The Balaban J connectivity index is 1.68. The van der Waals surface area contributed by atoms with Gasteiger partial charge in [-0.2, -0.15) is 5.10 Å². The molecule has 22 heavy (non-hydrogen) atoms. The number of ether oxygens (including phenoxy) is 1. The van der Waals surface area contributed by atoms with Crippen LogP contribution in [0.1, 0.15) is 23.4 Å². The van der Waals surface area contributed by atoms with E-state index in [-0.39, 0.29) is 12.0 Å². The van der Waals surface area contributed by atoms with Gasteiger partial charge in [0.05, 0.1) is 30.9 Å². The Hall–Kier alpha value is -1.40. The number of hydrogen-bond acceptors (Lipinski definition) is 4. The van der Waals surface area contributed by atoms with Gasteiger partial charge < -0.3 is 9.64 Å². The Morgan fingerprint density at radius 3 is 2.77 bits per heavy atom. The van der Waals surface area contributed by atoms with Crippen molar-refractivity contribution < 1.29 is 9.53 Å². The van der Waals surface area contributed by atoms with E-state index in [2.05, 4.69) is 17.0 Å². The van der Waals surface area contributed by atoms with Crippen molar-refractivity contribution in [3.63, 3.8) is 0 Å². The lowest BCUT2D eigenvalue weighted by atomic mass is 9.98. The van der Waals surface area contributed by atoms with Crippen LogP contribution in [0.2, 0.25) is 0 Å². The van der Waals surface area contributed by atoms with E-state index in [1.165, 1.54) is 0 Å². The van der Waals surface area contributed by atoms with Crippen molar-refractivity contribution in [2.75, 3.05) is 33.3 Å². The van der Waals surface area contributed by atoms with Crippen LogP contribution in [-0.4, -0.2) is 70.9 Å². The molecule has 1 aromatic heterocycles. The summed E-state index contributed by atoms with van der Waals surface area (Å²) in [7, 11) is 4.06. The number of aromatic nitrogens is 2. The summed E-state index contributed by atoms with van der Waals surface area (Å²) in [5.74, 6) is 0.205. The first kappa shape index (κ1) is 15.5. The molecule has 2 atom stereocenters. The minimum Gasteiger partial charge on any atom is -0.375 e. The SMILES string of the molecule is Cc1nn(C)c(C)c1CC(=O)N1CC[C@@H]2OCCN(C)[C@@H]2C1. The van der Waals surface area contributed by atoms with Crippen LogP contribution in [0.5, 0.6) is 0 Å². The van der Waals surface area contributed by atoms with Crippen LogP contribution in [0.15, 0.2) is 0 Å². The summed E-state index contributed by atoms with van der Waals surface area (Å²) in [6.45, 7) is 7.33. The number of fused-ring (bicyclic) bond motifs is 1. The van der Waals surface area contributed by atoms with E-state index >= 15 is 0 Å². The number of morpholine rings is 1. The Morgan fingerprint density at radius 2 is 2.09 bits per heavy atom. The van der Waals surface area contributed by atoms with Crippen molar-refractivity contribution in [1.29, 1.82) is 0 Å². The lowest BCUT2D eigenvalue weighted by molar-refractivity contribution is -0.140. The number of amides is 1. The summed E-state index contributed by atoms with van der Waals surface area (Å²) in [6, 6.07) is 0.336. The van der Waals surface area contributed by atoms with Crippen molar-refractivity contribution >= 4 is 5.91 Å². The molecule has 3 rings (SSSR count). The standard InChI is InChI=1S/C16H26N4O2/c1-11-13(12(2)19(4)17-11)9-16(21)20-6-5-15-14(10-20)18(3)7-8-22-15/h14-15H,5-10H2,1-4H3/t14-,15+/m1/s1. The highest BCUT2D eigenvalue weighted by Crippen LogP contribution is 2.23. The van der Waals surface area contributed by atoms with Gasteiger partial charge >= 0.3 is 0 Å². The molecule has 2 saturated heterocycles. The third kappa shape index (κ3) is 2.77. The molecule has 0 unspecified atom stereocenters. The van der Waals surface area contributed by atoms with E-state index in [0.717, 1.165) is 49.6 Å². The Morgan fingerprint density at radius 1 is 1.32 bits per heavy atom. The second kappa shape index (κ2) is 6.01. The predicted molar refractivity (Wildman–Crippen MR) is 83.7 cm³/mol. The molecule has 1 aromatic rings. The van der Waals surface area contributed by atoms with Crippen molar-refractivity contribution in [2.45, 2.75) is 38.8 Å². The van der Waals surface area contributed by atoms with Gasteiger partial charge in [-0.25, -0.2) is 0 Å². The largest absolute Gasteiger partial charge is 0.375 e. The molecule has 0 aliphatic carbocycles. The van der Waals surface area contributed by atoms with Crippen LogP contribution in [-0.2, 0) is 23.0 Å². The second-order valence-corrected chi connectivity index (χ2v) is 6.54. The van der Waals surface area contributed by atoms with E-state index in [1.807, 2.05) is 30.5 Å². The normalized spacial score (nSPS) is 26.1. The van der Waals surface area contributed by atoms with Gasteiger partial charge in [-0.15, -0.1) is 0 Å². The maximum absolute atomic E-state index is 12.7. The van der Waals surface area contributed by atoms with Crippen molar-refractivity contribution in [3.8, 4) is 0 Å². The fourth-order valence-electron chi connectivity index (χ4n) is 3.60. The molecule has 0 spiro atoms. The lowest BCUT2D eigenvalue weighted by Crippen LogP contribution is -2.59. The maximum Gasteiger partial charge on any atom is 0.227 e. The molecule has 0 radical (unpaired) electrons. The van der Waals surface area contributed by atoms with E-state index < -0.39 is 0 Å². The molecule has 1 amide bonds. The molecule has 0 saturated carbocycles. The first-order valence-electron chi connectivity index (χ1n) is 8.06. The van der Waals surface area contributed by atoms with Gasteiger partial charge in [0, 0.05) is 37.9 Å². The molecule has 2 aliphatic heterocycles. The monoisotopic (exact) mass is 306 g/mol. The van der Waals surface area contributed by atoms with Crippen LogP contribution in [0, 0.1) is 13.8 Å². The van der Waals surface area contributed by atoms with Crippen LogP contribution >= 0.6 is 0 Å².